The van der Waals surface area contributed by atoms with Gasteiger partial charge in [0.1, 0.15) is 6.29 Å². The lowest BCUT2D eigenvalue weighted by molar-refractivity contribution is -0.108. The third-order valence-electron chi connectivity index (χ3n) is 3.24. The van der Waals surface area contributed by atoms with Gasteiger partial charge in [0.05, 0.1) is 4.90 Å². The van der Waals surface area contributed by atoms with Crippen LogP contribution in [0.4, 0.5) is 0 Å². The molecular formula is C16H23NO3S. The maximum absolute atomic E-state index is 12.8. The number of carbonyl (C=O) groups is 1. The van der Waals surface area contributed by atoms with E-state index in [-0.39, 0.29) is 23.9 Å². The zero-order chi connectivity index (χ0) is 16.0. The van der Waals surface area contributed by atoms with Crippen molar-refractivity contribution in [1.82, 2.24) is 4.31 Å². The van der Waals surface area contributed by atoms with Crippen molar-refractivity contribution >= 4 is 16.3 Å². The van der Waals surface area contributed by atoms with Crippen LogP contribution in [0, 0.1) is 6.92 Å². The number of aryl methyl sites for hydroxylation is 1. The van der Waals surface area contributed by atoms with Crippen LogP contribution < -0.4 is 0 Å². The highest BCUT2D eigenvalue weighted by molar-refractivity contribution is 7.89. The summed E-state index contributed by atoms with van der Waals surface area (Å²) in [4.78, 5) is 11.0. The fraction of sp³-hybridized carbons (Fsp3) is 0.438. The number of carbonyl (C=O) groups excluding carboxylic acids is 1. The smallest absolute Gasteiger partial charge is 0.243 e. The van der Waals surface area contributed by atoms with Gasteiger partial charge < -0.3 is 4.79 Å². The van der Waals surface area contributed by atoms with Crippen molar-refractivity contribution in [2.75, 3.05) is 6.54 Å². The van der Waals surface area contributed by atoms with Gasteiger partial charge in [-0.25, -0.2) is 8.42 Å². The molecule has 1 aromatic rings. The molecule has 1 rings (SSSR count). The number of aldehydes is 1. The molecule has 0 N–H and O–H groups in total. The monoisotopic (exact) mass is 309 g/mol. The van der Waals surface area contributed by atoms with Crippen LogP contribution in [-0.2, 0) is 14.8 Å². The Morgan fingerprint density at radius 1 is 1.24 bits per heavy atom. The zero-order valence-electron chi connectivity index (χ0n) is 13.0. The Hall–Kier alpha value is -1.46. The first-order valence-electron chi connectivity index (χ1n) is 6.94. The average molecular weight is 309 g/mol. The summed E-state index contributed by atoms with van der Waals surface area (Å²) < 4.78 is 26.9. The lowest BCUT2D eigenvalue weighted by atomic mass is 10.2. The van der Waals surface area contributed by atoms with E-state index in [0.29, 0.717) is 0 Å². The summed E-state index contributed by atoms with van der Waals surface area (Å²) in [5.74, 6) is 0. The summed E-state index contributed by atoms with van der Waals surface area (Å²) >= 11 is 0. The lowest BCUT2D eigenvalue weighted by Crippen LogP contribution is -2.39. The highest BCUT2D eigenvalue weighted by atomic mass is 32.2. The standard InChI is InChI=1S/C16H23NO3S/c1-13(2)9-11-17(15(4)10-12-18)21(19,20)16-7-5-14(3)6-8-16/h5-9,12,15H,10-11H2,1-4H3/t15-/m0/s1. The molecule has 0 aromatic heterocycles. The largest absolute Gasteiger partial charge is 0.303 e. The second-order valence-electron chi connectivity index (χ2n) is 5.42. The van der Waals surface area contributed by atoms with Crippen LogP contribution in [0.25, 0.3) is 0 Å². The molecule has 0 radical (unpaired) electrons. The second-order valence-corrected chi connectivity index (χ2v) is 7.31. The number of allylic oxidation sites excluding steroid dienone is 1. The second kappa shape index (κ2) is 7.52. The minimum atomic E-state index is -3.61. The van der Waals surface area contributed by atoms with Gasteiger partial charge in [-0.1, -0.05) is 29.3 Å². The normalized spacial score (nSPS) is 13.0. The van der Waals surface area contributed by atoms with E-state index in [2.05, 4.69) is 0 Å². The van der Waals surface area contributed by atoms with Gasteiger partial charge in [-0.05, 0) is 39.8 Å². The molecule has 5 heteroatoms. The van der Waals surface area contributed by atoms with Gasteiger partial charge in [-0.2, -0.15) is 4.31 Å². The molecule has 0 heterocycles. The van der Waals surface area contributed by atoms with Crippen molar-refractivity contribution in [2.24, 2.45) is 0 Å². The maximum atomic E-state index is 12.8. The summed E-state index contributed by atoms with van der Waals surface area (Å²) in [6.07, 6.45) is 2.79. The van der Waals surface area contributed by atoms with Crippen molar-refractivity contribution in [3.63, 3.8) is 0 Å². The molecule has 4 nitrogen and oxygen atoms in total. The van der Waals surface area contributed by atoms with Crippen LogP contribution in [0.1, 0.15) is 32.8 Å². The maximum Gasteiger partial charge on any atom is 0.243 e. The van der Waals surface area contributed by atoms with Gasteiger partial charge >= 0.3 is 0 Å². The van der Waals surface area contributed by atoms with E-state index in [4.69, 9.17) is 0 Å². The molecule has 1 aromatic carbocycles. The molecule has 0 saturated carbocycles. The van der Waals surface area contributed by atoms with Crippen LogP contribution >= 0.6 is 0 Å². The SMILES string of the molecule is CC(C)=CCN([C@@H](C)CC=O)S(=O)(=O)c1ccc(C)cc1. The molecule has 0 fully saturated rings. The fourth-order valence-electron chi connectivity index (χ4n) is 1.89. The summed E-state index contributed by atoms with van der Waals surface area (Å²) in [6, 6.07) is 6.39. The number of hydrogen-bond acceptors (Lipinski definition) is 3. The summed E-state index contributed by atoms with van der Waals surface area (Å²) in [5.41, 5.74) is 2.04. The molecule has 0 unspecified atom stereocenters. The van der Waals surface area contributed by atoms with Crippen molar-refractivity contribution in [1.29, 1.82) is 0 Å². The minimum absolute atomic E-state index is 0.182. The lowest BCUT2D eigenvalue weighted by Gasteiger charge is -2.26. The van der Waals surface area contributed by atoms with Gasteiger partial charge in [-0.15, -0.1) is 0 Å². The van der Waals surface area contributed by atoms with Crippen LogP contribution in [0.15, 0.2) is 40.8 Å². The topological polar surface area (TPSA) is 54.5 Å². The Kier molecular flexibility index (Phi) is 6.30. The number of benzene rings is 1. The van der Waals surface area contributed by atoms with Gasteiger partial charge in [-0.3, -0.25) is 0 Å². The van der Waals surface area contributed by atoms with Crippen LogP contribution in [0.5, 0.6) is 0 Å². The minimum Gasteiger partial charge on any atom is -0.303 e. The van der Waals surface area contributed by atoms with Gasteiger partial charge in [0.25, 0.3) is 0 Å². The molecular weight excluding hydrogens is 286 g/mol. The van der Waals surface area contributed by atoms with Crippen molar-refractivity contribution in [3.8, 4) is 0 Å². The molecule has 0 saturated heterocycles. The molecule has 0 amide bonds. The van der Waals surface area contributed by atoms with Crippen molar-refractivity contribution in [3.05, 3.63) is 41.5 Å². The first-order valence-corrected chi connectivity index (χ1v) is 8.38. The molecule has 0 aliphatic carbocycles. The number of hydrogen-bond donors (Lipinski definition) is 0. The average Bonchev–Trinajstić information content (AvgIpc) is 2.39. The predicted octanol–water partition coefficient (Wildman–Crippen LogP) is 2.93. The van der Waals surface area contributed by atoms with E-state index in [9.17, 15) is 13.2 Å². The number of rotatable bonds is 7. The molecule has 0 aliphatic heterocycles. The van der Waals surface area contributed by atoms with E-state index in [1.807, 2.05) is 26.8 Å². The summed E-state index contributed by atoms with van der Waals surface area (Å²) in [6.45, 7) is 7.76. The highest BCUT2D eigenvalue weighted by Gasteiger charge is 2.27. The Bertz CT molecular complexity index is 599. The summed E-state index contributed by atoms with van der Waals surface area (Å²) in [7, 11) is -3.61. The van der Waals surface area contributed by atoms with E-state index < -0.39 is 10.0 Å². The Morgan fingerprint density at radius 2 is 1.81 bits per heavy atom. The van der Waals surface area contributed by atoms with Gasteiger partial charge in [0.2, 0.25) is 10.0 Å². The Balaban J connectivity index is 3.18. The quantitative estimate of drug-likeness (QED) is 0.575. The molecule has 21 heavy (non-hydrogen) atoms. The third-order valence-corrected chi connectivity index (χ3v) is 5.23. The van der Waals surface area contributed by atoms with Gasteiger partial charge in [0, 0.05) is 19.0 Å². The molecule has 0 spiro atoms. The number of nitrogens with zero attached hydrogens (tertiary/aromatic N) is 1. The van der Waals surface area contributed by atoms with Crippen molar-refractivity contribution < 1.29 is 13.2 Å². The van der Waals surface area contributed by atoms with Crippen LogP contribution in [-0.4, -0.2) is 31.6 Å². The molecule has 1 atom stereocenters. The molecule has 116 valence electrons. The van der Waals surface area contributed by atoms with Crippen molar-refractivity contribution in [2.45, 2.75) is 45.1 Å². The molecule has 0 bridgehead atoms. The number of sulfonamides is 1. The predicted molar refractivity (Wildman–Crippen MR) is 84.6 cm³/mol. The zero-order valence-corrected chi connectivity index (χ0v) is 13.9. The van der Waals surface area contributed by atoms with E-state index in [1.165, 1.54) is 4.31 Å². The summed E-state index contributed by atoms with van der Waals surface area (Å²) in [5, 5.41) is 0. The Morgan fingerprint density at radius 3 is 2.29 bits per heavy atom. The van der Waals surface area contributed by atoms with E-state index in [1.54, 1.807) is 31.2 Å². The Labute approximate surface area is 127 Å². The van der Waals surface area contributed by atoms with E-state index >= 15 is 0 Å². The van der Waals surface area contributed by atoms with Gasteiger partial charge in [0.15, 0.2) is 0 Å². The highest BCUT2D eigenvalue weighted by Crippen LogP contribution is 2.20. The van der Waals surface area contributed by atoms with Crippen LogP contribution in [0.3, 0.4) is 0 Å². The third kappa shape index (κ3) is 4.79. The first-order chi connectivity index (χ1) is 9.78. The van der Waals surface area contributed by atoms with Crippen LogP contribution in [0.2, 0.25) is 0 Å². The fourth-order valence-corrected chi connectivity index (χ4v) is 3.47. The van der Waals surface area contributed by atoms with E-state index in [0.717, 1.165) is 17.4 Å². The first kappa shape index (κ1) is 17.6. The molecule has 0 aliphatic rings.